The number of unbranched alkanes of at least 4 members (excludes halogenated alkanes) is 46. The number of rotatable bonds is 62. The van der Waals surface area contributed by atoms with Gasteiger partial charge in [0.15, 0.2) is 0 Å². The number of ether oxygens (including phenoxy) is 1. The van der Waals surface area contributed by atoms with Crippen molar-refractivity contribution in [2.24, 2.45) is 0 Å². The Balaban J connectivity index is 3.49. The number of aliphatic hydroxyl groups excluding tert-OH is 2. The van der Waals surface area contributed by atoms with Gasteiger partial charge in [0.05, 0.1) is 25.4 Å². The number of amides is 1. The van der Waals surface area contributed by atoms with Gasteiger partial charge < -0.3 is 20.3 Å². The minimum Gasteiger partial charge on any atom is -0.466 e. The molecule has 2 atom stereocenters. The average molecular weight is 1040 g/mol. The number of nitrogens with one attached hydrogen (secondary N) is 1. The van der Waals surface area contributed by atoms with Gasteiger partial charge in [-0.15, -0.1) is 0 Å². The van der Waals surface area contributed by atoms with Crippen molar-refractivity contribution in [2.75, 3.05) is 13.2 Å². The second-order valence-corrected chi connectivity index (χ2v) is 22.8. The van der Waals surface area contributed by atoms with Crippen molar-refractivity contribution in [3.05, 3.63) is 36.5 Å². The van der Waals surface area contributed by atoms with Crippen molar-refractivity contribution >= 4 is 11.9 Å². The summed E-state index contributed by atoms with van der Waals surface area (Å²) in [6, 6.07) is -0.560. The highest BCUT2D eigenvalue weighted by Gasteiger charge is 2.20. The van der Waals surface area contributed by atoms with Gasteiger partial charge in [0, 0.05) is 12.8 Å². The van der Waals surface area contributed by atoms with E-state index in [1.807, 2.05) is 0 Å². The van der Waals surface area contributed by atoms with Gasteiger partial charge in [0.1, 0.15) is 0 Å². The van der Waals surface area contributed by atoms with E-state index in [0.717, 1.165) is 77.0 Å². The molecule has 0 saturated heterocycles. The summed E-state index contributed by atoms with van der Waals surface area (Å²) in [5, 5.41) is 23.4. The molecule has 0 aromatic heterocycles. The van der Waals surface area contributed by atoms with Crippen LogP contribution in [-0.2, 0) is 14.3 Å². The Morgan fingerprint density at radius 1 is 0.378 bits per heavy atom. The maximum absolute atomic E-state index is 12.5. The fourth-order valence-electron chi connectivity index (χ4n) is 10.3. The van der Waals surface area contributed by atoms with Crippen molar-refractivity contribution < 1.29 is 24.5 Å². The molecular weight excluding hydrogens is 911 g/mol. The third-order valence-corrected chi connectivity index (χ3v) is 15.4. The quantitative estimate of drug-likeness (QED) is 0.0244. The number of carbonyl (C=O) groups is 2. The monoisotopic (exact) mass is 1040 g/mol. The number of hydrogen-bond acceptors (Lipinski definition) is 5. The molecule has 0 rings (SSSR count). The van der Waals surface area contributed by atoms with E-state index in [2.05, 4.69) is 55.6 Å². The smallest absolute Gasteiger partial charge is 0.305 e. The van der Waals surface area contributed by atoms with Crippen molar-refractivity contribution in [2.45, 2.75) is 373 Å². The summed E-state index contributed by atoms with van der Waals surface area (Å²) in [4.78, 5) is 24.6. The molecule has 0 aliphatic carbocycles. The van der Waals surface area contributed by atoms with Crippen molar-refractivity contribution in [1.82, 2.24) is 5.32 Å². The summed E-state index contributed by atoms with van der Waals surface area (Å²) in [6.07, 6.45) is 80.2. The Bertz CT molecular complexity index is 1200. The van der Waals surface area contributed by atoms with E-state index < -0.39 is 12.1 Å². The Labute approximate surface area is 462 Å². The van der Waals surface area contributed by atoms with Gasteiger partial charge in [0.2, 0.25) is 5.91 Å². The highest BCUT2D eigenvalue weighted by molar-refractivity contribution is 5.76. The topological polar surface area (TPSA) is 95.9 Å². The number of esters is 1. The van der Waals surface area contributed by atoms with Crippen LogP contribution in [0.15, 0.2) is 36.5 Å². The lowest BCUT2D eigenvalue weighted by atomic mass is 10.0. The van der Waals surface area contributed by atoms with Gasteiger partial charge in [-0.25, -0.2) is 0 Å². The minimum atomic E-state index is -0.681. The zero-order valence-corrected chi connectivity index (χ0v) is 49.8. The molecule has 0 saturated carbocycles. The molecule has 6 nitrogen and oxygen atoms in total. The summed E-state index contributed by atoms with van der Waals surface area (Å²) in [6.45, 7) is 4.92. The number of allylic oxidation sites excluding steroid dienone is 6. The van der Waals surface area contributed by atoms with E-state index in [-0.39, 0.29) is 18.5 Å². The lowest BCUT2D eigenvalue weighted by molar-refractivity contribution is -0.143. The molecule has 0 fully saturated rings. The molecule has 0 aromatic carbocycles. The second kappa shape index (κ2) is 63.6. The fraction of sp³-hybridized carbons (Fsp3) is 0.882. The lowest BCUT2D eigenvalue weighted by Crippen LogP contribution is -2.45. The van der Waals surface area contributed by atoms with Crippen LogP contribution in [0.5, 0.6) is 0 Å². The molecule has 74 heavy (non-hydrogen) atoms. The number of hydrogen-bond donors (Lipinski definition) is 3. The summed E-state index contributed by atoms with van der Waals surface area (Å²) >= 11 is 0. The Hall–Kier alpha value is -1.92. The van der Waals surface area contributed by atoms with E-state index in [0.29, 0.717) is 25.9 Å². The molecule has 0 aliphatic rings. The van der Waals surface area contributed by atoms with Crippen LogP contribution in [0.1, 0.15) is 361 Å². The first-order valence-electron chi connectivity index (χ1n) is 33.3. The molecule has 0 spiro atoms. The fourth-order valence-corrected chi connectivity index (χ4v) is 10.3. The molecule has 0 radical (unpaired) electrons. The van der Waals surface area contributed by atoms with Crippen LogP contribution >= 0.6 is 0 Å². The van der Waals surface area contributed by atoms with Crippen molar-refractivity contribution in [3.8, 4) is 0 Å². The van der Waals surface area contributed by atoms with Crippen LogP contribution in [0.4, 0.5) is 0 Å². The Morgan fingerprint density at radius 2 is 0.676 bits per heavy atom. The van der Waals surface area contributed by atoms with Gasteiger partial charge in [0.25, 0.3) is 0 Å². The van der Waals surface area contributed by atoms with E-state index in [4.69, 9.17) is 4.74 Å². The van der Waals surface area contributed by atoms with Crippen molar-refractivity contribution in [3.63, 3.8) is 0 Å². The number of aliphatic hydroxyl groups is 2. The van der Waals surface area contributed by atoms with E-state index >= 15 is 0 Å². The summed E-state index contributed by atoms with van der Waals surface area (Å²) in [7, 11) is 0. The van der Waals surface area contributed by atoms with Gasteiger partial charge in [-0.3, -0.25) is 9.59 Å². The minimum absolute atomic E-state index is 0.0213. The van der Waals surface area contributed by atoms with Crippen LogP contribution in [0.2, 0.25) is 0 Å². The van der Waals surface area contributed by atoms with Gasteiger partial charge in [-0.05, 0) is 83.5 Å². The molecular formula is C68H129NO5. The van der Waals surface area contributed by atoms with Crippen LogP contribution in [0, 0.1) is 0 Å². The Morgan fingerprint density at radius 3 is 1.04 bits per heavy atom. The average Bonchev–Trinajstić information content (AvgIpc) is 3.40. The van der Waals surface area contributed by atoms with Gasteiger partial charge in [-0.1, -0.05) is 301 Å². The molecule has 0 aliphatic heterocycles. The molecule has 6 heteroatoms. The summed E-state index contributed by atoms with van der Waals surface area (Å²) < 4.78 is 5.47. The molecule has 3 N–H and O–H groups in total. The SMILES string of the molecule is CCCCCCCC/C=C\CCCCCCCCCCCC(=O)OCCCCC/C=C\C=C/CCCCCCCCC(=O)NC(CO)C(O)CCCCCCCCCCCCCCCCCCCCCCCCC. The largest absolute Gasteiger partial charge is 0.466 e. The molecule has 436 valence electrons. The van der Waals surface area contributed by atoms with E-state index in [9.17, 15) is 19.8 Å². The Kier molecular flexibility index (Phi) is 62.0. The van der Waals surface area contributed by atoms with Crippen LogP contribution in [-0.4, -0.2) is 47.4 Å². The lowest BCUT2D eigenvalue weighted by Gasteiger charge is -2.22. The third-order valence-electron chi connectivity index (χ3n) is 15.4. The van der Waals surface area contributed by atoms with E-state index in [1.165, 1.54) is 250 Å². The predicted molar refractivity (Wildman–Crippen MR) is 324 cm³/mol. The second-order valence-electron chi connectivity index (χ2n) is 22.8. The molecule has 1 amide bonds. The van der Waals surface area contributed by atoms with E-state index in [1.54, 1.807) is 0 Å². The highest BCUT2D eigenvalue weighted by Crippen LogP contribution is 2.18. The first-order valence-corrected chi connectivity index (χ1v) is 33.3. The molecule has 0 bridgehead atoms. The predicted octanol–water partition coefficient (Wildman–Crippen LogP) is 21.1. The maximum atomic E-state index is 12.5. The van der Waals surface area contributed by atoms with Gasteiger partial charge >= 0.3 is 5.97 Å². The van der Waals surface area contributed by atoms with Crippen LogP contribution < -0.4 is 5.32 Å². The summed E-state index contributed by atoms with van der Waals surface area (Å²) in [5.74, 6) is -0.0754. The zero-order valence-electron chi connectivity index (χ0n) is 49.8. The molecule has 0 heterocycles. The molecule has 0 aromatic rings. The van der Waals surface area contributed by atoms with Crippen molar-refractivity contribution in [1.29, 1.82) is 0 Å². The molecule has 2 unspecified atom stereocenters. The standard InChI is InChI=1S/C68H129NO5/c1-3-5-7-9-11-13-15-17-19-21-23-24-25-26-28-29-32-36-40-44-48-52-56-60-66(71)65(64-70)69-67(72)61-57-53-49-45-41-37-33-31-35-39-43-47-51-55-59-63-74-68(73)62-58-54-50-46-42-38-34-30-27-22-20-18-16-14-12-10-8-6-4-2/h18,20,31,35,39,43,65-66,70-71H,3-17,19,21-30,32-34,36-38,40-42,44-64H2,1-2H3,(H,69,72)/b20-18-,35-31-,43-39-. The van der Waals surface area contributed by atoms with Crippen LogP contribution in [0.3, 0.4) is 0 Å². The van der Waals surface area contributed by atoms with Gasteiger partial charge in [-0.2, -0.15) is 0 Å². The summed E-state index contributed by atoms with van der Waals surface area (Å²) in [5.41, 5.74) is 0. The zero-order chi connectivity index (χ0) is 53.6. The normalized spacial score (nSPS) is 12.8. The first kappa shape index (κ1) is 72.1. The maximum Gasteiger partial charge on any atom is 0.305 e. The van der Waals surface area contributed by atoms with Crippen LogP contribution in [0.25, 0.3) is 0 Å². The first-order chi connectivity index (χ1) is 36.5. The number of carbonyl (C=O) groups excluding carboxylic acids is 2. The third kappa shape index (κ3) is 59.3. The highest BCUT2D eigenvalue weighted by atomic mass is 16.5.